The molecule has 0 fully saturated rings. The monoisotopic (exact) mass is 315 g/mol. The Bertz CT molecular complexity index is 637. The second kappa shape index (κ2) is 6.49. The minimum absolute atomic E-state index is 0.00982. The van der Waals surface area contributed by atoms with Crippen molar-refractivity contribution >= 4 is 27.3 Å². The van der Waals surface area contributed by atoms with Crippen molar-refractivity contribution in [1.82, 2.24) is 0 Å². The van der Waals surface area contributed by atoms with Gasteiger partial charge < -0.3 is 5.11 Å². The van der Waals surface area contributed by atoms with E-state index in [1.165, 1.54) is 0 Å². The first kappa shape index (κ1) is 16.8. The summed E-state index contributed by atoms with van der Waals surface area (Å²) in [4.78, 5) is 0. The Hall–Kier alpha value is -1.22. The highest BCUT2D eigenvalue weighted by Crippen LogP contribution is 2.27. The summed E-state index contributed by atoms with van der Waals surface area (Å²) in [6.45, 7) is 4.81. The Balaban J connectivity index is 3.08. The van der Waals surface area contributed by atoms with Crippen LogP contribution in [-0.4, -0.2) is 24.9 Å². The Morgan fingerprint density at radius 2 is 2.00 bits per heavy atom. The summed E-state index contributed by atoms with van der Waals surface area (Å²) in [6.07, 6.45) is 0.367. The third kappa shape index (κ3) is 4.41. The number of hydrogen-bond acceptors (Lipinski definition) is 3. The Morgan fingerprint density at radius 3 is 2.55 bits per heavy atom. The molecule has 0 heterocycles. The molecule has 0 aromatic heterocycles. The molecule has 6 heteroatoms. The highest BCUT2D eigenvalue weighted by molar-refractivity contribution is 7.94. The lowest BCUT2D eigenvalue weighted by Gasteiger charge is -2.21. The van der Waals surface area contributed by atoms with Crippen molar-refractivity contribution in [2.45, 2.75) is 31.9 Å². The fourth-order valence-corrected chi connectivity index (χ4v) is 2.18. The van der Waals surface area contributed by atoms with E-state index in [4.69, 9.17) is 16.7 Å². The van der Waals surface area contributed by atoms with Gasteiger partial charge in [0.05, 0.1) is 22.1 Å². The summed E-state index contributed by atoms with van der Waals surface area (Å²) in [5.74, 6) is 5.61. The van der Waals surface area contributed by atoms with Gasteiger partial charge in [-0.05, 0) is 39.0 Å². The largest absolute Gasteiger partial charge is 0.395 e. The van der Waals surface area contributed by atoms with E-state index < -0.39 is 14.8 Å². The molecule has 0 saturated carbocycles. The molecule has 0 amide bonds. The zero-order chi connectivity index (χ0) is 15.4. The van der Waals surface area contributed by atoms with Gasteiger partial charge in [-0.1, -0.05) is 23.4 Å². The lowest BCUT2D eigenvalue weighted by Crippen LogP contribution is -2.33. The first-order valence-corrected chi connectivity index (χ1v) is 7.95. The zero-order valence-electron chi connectivity index (χ0n) is 11.7. The molecule has 2 N–H and O–H groups in total. The van der Waals surface area contributed by atoms with Crippen molar-refractivity contribution < 1.29 is 13.5 Å². The van der Waals surface area contributed by atoms with E-state index in [0.29, 0.717) is 22.7 Å². The van der Waals surface area contributed by atoms with E-state index in [2.05, 4.69) is 16.6 Å². The van der Waals surface area contributed by atoms with E-state index in [9.17, 15) is 8.42 Å². The maximum atomic E-state index is 12.1. The fraction of sp³-hybridized carbons (Fsp3) is 0.429. The normalized spacial score (nSPS) is 11.7. The van der Waals surface area contributed by atoms with Crippen molar-refractivity contribution in [3.63, 3.8) is 0 Å². The van der Waals surface area contributed by atoms with Gasteiger partial charge in [0.25, 0.3) is 0 Å². The van der Waals surface area contributed by atoms with E-state index >= 15 is 0 Å². The second-order valence-electron chi connectivity index (χ2n) is 5.19. The average Bonchev–Trinajstić information content (AvgIpc) is 2.32. The first-order chi connectivity index (χ1) is 9.17. The highest BCUT2D eigenvalue weighted by atomic mass is 35.5. The van der Waals surface area contributed by atoms with Crippen molar-refractivity contribution in [3.8, 4) is 11.8 Å². The third-order valence-corrected chi connectivity index (χ3v) is 4.92. The predicted octanol–water partition coefficient (Wildman–Crippen LogP) is 2.61. The summed E-state index contributed by atoms with van der Waals surface area (Å²) in [5, 5.41) is 8.98. The van der Waals surface area contributed by atoms with Crippen LogP contribution in [0.25, 0.3) is 0 Å². The molecular weight excluding hydrogens is 298 g/mol. The maximum Gasteiger partial charge on any atom is 0.237 e. The average molecular weight is 316 g/mol. The van der Waals surface area contributed by atoms with Gasteiger partial charge in [0.2, 0.25) is 10.0 Å². The molecule has 0 saturated heterocycles. The van der Waals surface area contributed by atoms with Gasteiger partial charge in [-0.2, -0.15) is 0 Å². The topological polar surface area (TPSA) is 66.4 Å². The Kier molecular flexibility index (Phi) is 5.46. The van der Waals surface area contributed by atoms with Crippen molar-refractivity contribution in [3.05, 3.63) is 28.8 Å². The highest BCUT2D eigenvalue weighted by Gasteiger charge is 2.29. The molecule has 0 unspecified atom stereocenters. The van der Waals surface area contributed by atoms with E-state index in [0.717, 1.165) is 0 Å². The van der Waals surface area contributed by atoms with Crippen LogP contribution in [0.4, 0.5) is 5.69 Å². The van der Waals surface area contributed by atoms with Gasteiger partial charge >= 0.3 is 0 Å². The van der Waals surface area contributed by atoms with Crippen LogP contribution in [0.5, 0.6) is 0 Å². The number of rotatable bonds is 3. The molecule has 1 aromatic rings. The van der Waals surface area contributed by atoms with E-state index in [-0.39, 0.29) is 6.61 Å². The molecule has 0 atom stereocenters. The van der Waals surface area contributed by atoms with Crippen molar-refractivity contribution in [1.29, 1.82) is 0 Å². The predicted molar refractivity (Wildman–Crippen MR) is 82.3 cm³/mol. The number of hydrogen-bond donors (Lipinski definition) is 2. The van der Waals surface area contributed by atoms with Crippen LogP contribution in [0.15, 0.2) is 18.2 Å². The standard InChI is InChI=1S/C14H18ClNO3S/c1-14(2,3)20(18,19)16-13-10-11(6-4-5-9-17)7-8-12(13)15/h7-8,10,16-17H,5,9H2,1-3H3. The fourth-order valence-electron chi connectivity index (χ4n) is 1.20. The van der Waals surface area contributed by atoms with E-state index in [1.54, 1.807) is 39.0 Å². The van der Waals surface area contributed by atoms with Gasteiger partial charge in [-0.25, -0.2) is 8.42 Å². The zero-order valence-corrected chi connectivity index (χ0v) is 13.3. The van der Waals surface area contributed by atoms with Gasteiger partial charge in [0.1, 0.15) is 0 Å². The van der Waals surface area contributed by atoms with Crippen LogP contribution >= 0.6 is 11.6 Å². The minimum atomic E-state index is -3.54. The Labute approximate surface area is 125 Å². The van der Waals surface area contributed by atoms with Gasteiger partial charge in [0, 0.05) is 12.0 Å². The van der Waals surface area contributed by atoms with Crippen molar-refractivity contribution in [2.75, 3.05) is 11.3 Å². The lowest BCUT2D eigenvalue weighted by molar-refractivity contribution is 0.305. The smallest absolute Gasteiger partial charge is 0.237 e. The summed E-state index contributed by atoms with van der Waals surface area (Å²) in [7, 11) is -3.54. The van der Waals surface area contributed by atoms with Crippen LogP contribution in [-0.2, 0) is 10.0 Å². The number of aliphatic hydroxyl groups is 1. The minimum Gasteiger partial charge on any atom is -0.395 e. The molecule has 0 radical (unpaired) electrons. The van der Waals surface area contributed by atoms with Crippen LogP contribution in [0.3, 0.4) is 0 Å². The van der Waals surface area contributed by atoms with Crippen LogP contribution in [0.2, 0.25) is 5.02 Å². The van der Waals surface area contributed by atoms with Gasteiger partial charge in [0.15, 0.2) is 0 Å². The number of halogens is 1. The van der Waals surface area contributed by atoms with Gasteiger partial charge in [-0.3, -0.25) is 4.72 Å². The molecule has 0 spiro atoms. The SMILES string of the molecule is CC(C)(C)S(=O)(=O)Nc1cc(C#CCCO)ccc1Cl. The molecule has 4 nitrogen and oxygen atoms in total. The molecule has 0 aliphatic carbocycles. The van der Waals surface area contributed by atoms with E-state index in [1.807, 2.05) is 0 Å². The molecule has 1 aromatic carbocycles. The summed E-state index contributed by atoms with van der Waals surface area (Å²) in [5.41, 5.74) is 0.937. The van der Waals surface area contributed by atoms with Crippen LogP contribution < -0.4 is 4.72 Å². The third-order valence-electron chi connectivity index (χ3n) is 2.49. The molecular formula is C14H18ClNO3S. The van der Waals surface area contributed by atoms with Gasteiger partial charge in [-0.15, -0.1) is 0 Å². The molecule has 0 bridgehead atoms. The van der Waals surface area contributed by atoms with Crippen LogP contribution in [0, 0.1) is 11.8 Å². The quantitative estimate of drug-likeness (QED) is 0.843. The van der Waals surface area contributed by atoms with Crippen molar-refractivity contribution in [2.24, 2.45) is 0 Å². The summed E-state index contributed by atoms with van der Waals surface area (Å²) < 4.78 is 25.8. The first-order valence-electron chi connectivity index (χ1n) is 6.09. The maximum absolute atomic E-state index is 12.1. The number of nitrogens with one attached hydrogen (secondary N) is 1. The lowest BCUT2D eigenvalue weighted by atomic mass is 10.2. The number of sulfonamides is 1. The molecule has 110 valence electrons. The Morgan fingerprint density at radius 1 is 1.35 bits per heavy atom. The van der Waals surface area contributed by atoms with Crippen LogP contribution in [0.1, 0.15) is 32.8 Å². The summed E-state index contributed by atoms with van der Waals surface area (Å²) >= 11 is 6.00. The molecule has 0 aliphatic heterocycles. The summed E-state index contributed by atoms with van der Waals surface area (Å²) in [6, 6.07) is 4.86. The molecule has 1 rings (SSSR count). The molecule has 20 heavy (non-hydrogen) atoms. The number of aliphatic hydroxyl groups excluding tert-OH is 1. The number of anilines is 1. The molecule has 0 aliphatic rings. The number of benzene rings is 1. The second-order valence-corrected chi connectivity index (χ2v) is 8.03.